The second-order valence-electron chi connectivity index (χ2n) is 3.19. The van der Waals surface area contributed by atoms with Crippen molar-refractivity contribution in [3.8, 4) is 0 Å². The van der Waals surface area contributed by atoms with Gasteiger partial charge in [-0.15, -0.1) is 0 Å². The Bertz CT molecular complexity index is 527. The number of pyridine rings is 1. The fourth-order valence-electron chi connectivity index (χ4n) is 1.42. The highest BCUT2D eigenvalue weighted by Crippen LogP contribution is 2.15. The monoisotopic (exact) mass is 223 g/mol. The van der Waals surface area contributed by atoms with Gasteiger partial charge in [-0.25, -0.2) is 4.98 Å². The van der Waals surface area contributed by atoms with Crippen molar-refractivity contribution < 1.29 is 9.18 Å². The van der Waals surface area contributed by atoms with E-state index in [1.807, 2.05) is 0 Å². The van der Waals surface area contributed by atoms with Gasteiger partial charge in [-0.05, 0) is 41.4 Å². The first-order valence-electron chi connectivity index (χ1n) is 4.39. The molecule has 0 spiro atoms. The number of nitrogens with zero attached hydrogens (tertiary/aromatic N) is 1. The zero-order valence-electron chi connectivity index (χ0n) is 7.71. The van der Waals surface area contributed by atoms with Crippen LogP contribution >= 0.6 is 11.6 Å². The minimum Gasteiger partial charge on any atom is -0.281 e. The van der Waals surface area contributed by atoms with Gasteiger partial charge in [0.25, 0.3) is 0 Å². The van der Waals surface area contributed by atoms with Gasteiger partial charge in [-0.2, -0.15) is 4.39 Å². The summed E-state index contributed by atoms with van der Waals surface area (Å²) in [7, 11) is 0. The van der Waals surface area contributed by atoms with Crippen molar-refractivity contribution in [2.75, 3.05) is 0 Å². The zero-order valence-corrected chi connectivity index (χ0v) is 8.46. The van der Waals surface area contributed by atoms with Crippen LogP contribution < -0.4 is 0 Å². The van der Waals surface area contributed by atoms with Crippen molar-refractivity contribution in [1.29, 1.82) is 0 Å². The maximum Gasteiger partial charge on any atom is 0.226 e. The summed E-state index contributed by atoms with van der Waals surface area (Å²) in [6.07, 6.45) is 0.175. The van der Waals surface area contributed by atoms with E-state index in [0.717, 1.165) is 10.9 Å². The van der Waals surface area contributed by atoms with Crippen LogP contribution in [0, 0.1) is 5.95 Å². The molecule has 2 aromatic rings. The van der Waals surface area contributed by atoms with Crippen LogP contribution in [-0.4, -0.2) is 10.2 Å². The molecule has 1 aromatic heterocycles. The van der Waals surface area contributed by atoms with Crippen molar-refractivity contribution in [2.45, 2.75) is 6.42 Å². The molecule has 0 aliphatic rings. The Kier molecular flexibility index (Phi) is 2.64. The van der Waals surface area contributed by atoms with Gasteiger partial charge in [-0.1, -0.05) is 6.07 Å². The lowest BCUT2D eigenvalue weighted by Crippen LogP contribution is -1.93. The number of benzene rings is 1. The summed E-state index contributed by atoms with van der Waals surface area (Å²) in [6, 6.07) is 8.08. The molecular weight excluding hydrogens is 217 g/mol. The van der Waals surface area contributed by atoms with Crippen LogP contribution in [0.25, 0.3) is 10.9 Å². The van der Waals surface area contributed by atoms with Crippen LogP contribution in [0.3, 0.4) is 0 Å². The Morgan fingerprint density at radius 2 is 2.13 bits per heavy atom. The summed E-state index contributed by atoms with van der Waals surface area (Å²) in [5.41, 5.74) is 1.37. The minimum absolute atomic E-state index is 0.175. The number of carbonyl (C=O) groups is 1. The van der Waals surface area contributed by atoms with Gasteiger partial charge in [0.2, 0.25) is 11.2 Å². The molecule has 76 valence electrons. The molecule has 4 heteroatoms. The third kappa shape index (κ3) is 2.30. The van der Waals surface area contributed by atoms with Gasteiger partial charge in [0, 0.05) is 11.8 Å². The van der Waals surface area contributed by atoms with E-state index in [0.29, 0.717) is 5.52 Å². The normalized spacial score (nSPS) is 10.5. The Labute approximate surface area is 90.7 Å². The van der Waals surface area contributed by atoms with E-state index < -0.39 is 11.2 Å². The lowest BCUT2D eigenvalue weighted by atomic mass is 10.1. The molecule has 0 unspecified atom stereocenters. The molecule has 0 aliphatic carbocycles. The van der Waals surface area contributed by atoms with Crippen LogP contribution in [-0.2, 0) is 11.2 Å². The van der Waals surface area contributed by atoms with Gasteiger partial charge in [0.1, 0.15) is 0 Å². The van der Waals surface area contributed by atoms with E-state index in [-0.39, 0.29) is 6.42 Å². The first kappa shape index (κ1) is 10.1. The van der Waals surface area contributed by atoms with Crippen molar-refractivity contribution in [2.24, 2.45) is 0 Å². The fraction of sp³-hybridized carbons (Fsp3) is 0.0909. The number of carbonyl (C=O) groups excluding carboxylic acids is 1. The SMILES string of the molecule is O=C(Cl)Cc1ccc2nc(F)ccc2c1. The number of hydrogen-bond acceptors (Lipinski definition) is 2. The van der Waals surface area contributed by atoms with Gasteiger partial charge in [-0.3, -0.25) is 4.79 Å². The van der Waals surface area contributed by atoms with Crippen molar-refractivity contribution in [1.82, 2.24) is 4.98 Å². The van der Waals surface area contributed by atoms with Gasteiger partial charge >= 0.3 is 0 Å². The smallest absolute Gasteiger partial charge is 0.226 e. The third-order valence-corrected chi connectivity index (χ3v) is 2.20. The molecule has 0 atom stereocenters. The summed E-state index contributed by atoms with van der Waals surface area (Å²) in [4.78, 5) is 14.4. The number of rotatable bonds is 2. The van der Waals surface area contributed by atoms with E-state index in [1.54, 1.807) is 24.3 Å². The molecule has 1 heterocycles. The molecule has 0 saturated heterocycles. The molecule has 15 heavy (non-hydrogen) atoms. The maximum atomic E-state index is 12.8. The van der Waals surface area contributed by atoms with Gasteiger partial charge < -0.3 is 0 Å². The van der Waals surface area contributed by atoms with E-state index >= 15 is 0 Å². The summed E-state index contributed by atoms with van der Waals surface area (Å²) in [5, 5.41) is 0.385. The average Bonchev–Trinajstić information content (AvgIpc) is 2.17. The van der Waals surface area contributed by atoms with E-state index in [9.17, 15) is 9.18 Å². The van der Waals surface area contributed by atoms with Crippen LogP contribution in [0.2, 0.25) is 0 Å². The standard InChI is InChI=1S/C11H7ClFNO/c12-10(15)6-7-1-3-9-8(5-7)2-4-11(13)14-9/h1-5H,6H2. The summed E-state index contributed by atoms with van der Waals surface area (Å²) in [5.74, 6) is -0.510. The Balaban J connectivity index is 2.47. The first-order chi connectivity index (χ1) is 7.15. The van der Waals surface area contributed by atoms with Crippen molar-refractivity contribution in [3.05, 3.63) is 41.8 Å². The van der Waals surface area contributed by atoms with Crippen molar-refractivity contribution >= 4 is 27.7 Å². The predicted molar refractivity (Wildman–Crippen MR) is 56.3 cm³/mol. The molecular formula is C11H7ClFNO. The lowest BCUT2D eigenvalue weighted by Gasteiger charge is -2.00. The van der Waals surface area contributed by atoms with E-state index in [1.165, 1.54) is 6.07 Å². The molecule has 0 amide bonds. The molecule has 2 rings (SSSR count). The number of aromatic nitrogens is 1. The van der Waals surface area contributed by atoms with Gasteiger partial charge in [0.05, 0.1) is 5.52 Å². The summed E-state index contributed by atoms with van der Waals surface area (Å²) < 4.78 is 12.8. The minimum atomic E-state index is -0.510. The quantitative estimate of drug-likeness (QED) is 0.579. The predicted octanol–water partition coefficient (Wildman–Crippen LogP) is 2.68. The van der Waals surface area contributed by atoms with Crippen LogP contribution in [0.4, 0.5) is 4.39 Å². The van der Waals surface area contributed by atoms with Crippen LogP contribution in [0.15, 0.2) is 30.3 Å². The number of hydrogen-bond donors (Lipinski definition) is 0. The maximum absolute atomic E-state index is 12.8. The fourth-order valence-corrected chi connectivity index (χ4v) is 1.57. The second-order valence-corrected chi connectivity index (χ2v) is 3.61. The lowest BCUT2D eigenvalue weighted by molar-refractivity contribution is -0.111. The highest BCUT2D eigenvalue weighted by atomic mass is 35.5. The number of fused-ring (bicyclic) bond motifs is 1. The molecule has 2 nitrogen and oxygen atoms in total. The largest absolute Gasteiger partial charge is 0.281 e. The van der Waals surface area contributed by atoms with E-state index in [2.05, 4.69) is 4.98 Å². The van der Waals surface area contributed by atoms with Crippen LogP contribution in [0.1, 0.15) is 5.56 Å². The summed E-state index contributed by atoms with van der Waals surface area (Å²) in [6.45, 7) is 0. The number of halogens is 2. The molecule has 0 N–H and O–H groups in total. The van der Waals surface area contributed by atoms with Crippen molar-refractivity contribution in [3.63, 3.8) is 0 Å². The second kappa shape index (κ2) is 3.95. The Morgan fingerprint density at radius 3 is 2.87 bits per heavy atom. The van der Waals surface area contributed by atoms with Gasteiger partial charge in [0.15, 0.2) is 0 Å². The molecule has 1 aromatic carbocycles. The highest BCUT2D eigenvalue weighted by Gasteiger charge is 2.02. The van der Waals surface area contributed by atoms with E-state index in [4.69, 9.17) is 11.6 Å². The molecule has 0 bridgehead atoms. The molecule has 0 fully saturated rings. The molecule has 0 saturated carbocycles. The first-order valence-corrected chi connectivity index (χ1v) is 4.76. The third-order valence-electron chi connectivity index (χ3n) is 2.06. The Hall–Kier alpha value is -1.48. The molecule has 0 radical (unpaired) electrons. The summed E-state index contributed by atoms with van der Waals surface area (Å²) >= 11 is 5.27. The topological polar surface area (TPSA) is 30.0 Å². The zero-order chi connectivity index (χ0) is 10.8. The molecule has 0 aliphatic heterocycles. The highest BCUT2D eigenvalue weighted by molar-refractivity contribution is 6.63. The van der Waals surface area contributed by atoms with Crippen LogP contribution in [0.5, 0.6) is 0 Å². The Morgan fingerprint density at radius 1 is 1.33 bits per heavy atom. The average molecular weight is 224 g/mol.